The van der Waals surface area contributed by atoms with E-state index < -0.39 is 23.7 Å². The highest BCUT2D eigenvalue weighted by molar-refractivity contribution is 9.10. The summed E-state index contributed by atoms with van der Waals surface area (Å²) in [5.41, 5.74) is 4.26. The maximum atomic E-state index is 15.2. The quantitative estimate of drug-likeness (QED) is 0.135. The van der Waals surface area contributed by atoms with Crippen LogP contribution >= 0.6 is 15.9 Å². The van der Waals surface area contributed by atoms with Gasteiger partial charge in [-0.3, -0.25) is 14.9 Å². The average molecular weight is 690 g/mol. The maximum Gasteiger partial charge on any atom is 0.327 e. The molecular formula is C40H37BrN2O4. The molecule has 1 aliphatic heterocycles. The lowest BCUT2D eigenvalue weighted by Crippen LogP contribution is -2.60. The Morgan fingerprint density at radius 3 is 2.04 bits per heavy atom. The van der Waals surface area contributed by atoms with E-state index in [0.717, 1.165) is 32.3 Å². The van der Waals surface area contributed by atoms with Gasteiger partial charge in [0.25, 0.3) is 5.91 Å². The molecule has 1 aliphatic rings. The molecule has 0 saturated heterocycles. The third-order valence-electron chi connectivity index (χ3n) is 8.64. The van der Waals surface area contributed by atoms with Gasteiger partial charge in [0.1, 0.15) is 6.04 Å². The van der Waals surface area contributed by atoms with Gasteiger partial charge in [0.2, 0.25) is 5.60 Å². The molecule has 1 amide bonds. The van der Waals surface area contributed by atoms with Crippen LogP contribution in [0.4, 0.5) is 5.69 Å². The summed E-state index contributed by atoms with van der Waals surface area (Å²) in [7, 11) is 0. The van der Waals surface area contributed by atoms with Crippen LogP contribution in [0.1, 0.15) is 46.3 Å². The number of nitrogens with zero attached hydrogens (tertiary/aromatic N) is 1. The number of amides is 1. The van der Waals surface area contributed by atoms with Crippen LogP contribution in [0.15, 0.2) is 138 Å². The summed E-state index contributed by atoms with van der Waals surface area (Å²) >= 11 is 3.65. The van der Waals surface area contributed by atoms with Crippen molar-refractivity contribution in [2.45, 2.75) is 44.7 Å². The zero-order chi connectivity index (χ0) is 32.8. The largest absolute Gasteiger partial charge is 0.465 e. The number of carbonyl (C=O) groups excluding carboxylic acids is 2. The Labute approximate surface area is 284 Å². The molecule has 0 saturated carbocycles. The molecule has 2 atom stereocenters. The molecule has 0 radical (unpaired) electrons. The zero-order valence-corrected chi connectivity index (χ0v) is 28.0. The second-order valence-electron chi connectivity index (χ2n) is 11.6. The van der Waals surface area contributed by atoms with Gasteiger partial charge >= 0.3 is 5.97 Å². The van der Waals surface area contributed by atoms with E-state index in [1.165, 1.54) is 0 Å². The first-order chi connectivity index (χ1) is 22.9. The Morgan fingerprint density at radius 1 is 0.830 bits per heavy atom. The minimum absolute atomic E-state index is 0.0997. The summed E-state index contributed by atoms with van der Waals surface area (Å²) in [6, 6.07) is 41.6. The Morgan fingerprint density at radius 2 is 1.43 bits per heavy atom. The normalized spacial score (nSPS) is 16.3. The van der Waals surface area contributed by atoms with Crippen molar-refractivity contribution in [3.05, 3.63) is 171 Å². The number of esters is 1. The van der Waals surface area contributed by atoms with Crippen LogP contribution < -0.4 is 10.2 Å². The van der Waals surface area contributed by atoms with E-state index in [9.17, 15) is 4.79 Å². The molecule has 5 aromatic carbocycles. The van der Waals surface area contributed by atoms with Crippen LogP contribution in [0.5, 0.6) is 0 Å². The average Bonchev–Trinajstić information content (AvgIpc) is 3.32. The van der Waals surface area contributed by atoms with Gasteiger partial charge in [0.05, 0.1) is 31.5 Å². The van der Waals surface area contributed by atoms with Gasteiger partial charge < -0.3 is 14.4 Å². The Balaban J connectivity index is 1.55. The van der Waals surface area contributed by atoms with Crippen LogP contribution in [0.2, 0.25) is 0 Å². The SMILES string of the molecule is CCOC(=O)[C@@H](NC(c1ccccc1)c1ccccc1)[C@]1(OCc2ccccc2C)C(=O)N(Cc2ccccc2)c2ccc(Br)cc21. The summed E-state index contributed by atoms with van der Waals surface area (Å²) in [4.78, 5) is 31.3. The molecule has 0 aromatic heterocycles. The highest BCUT2D eigenvalue weighted by atomic mass is 79.9. The topological polar surface area (TPSA) is 67.9 Å². The van der Waals surface area contributed by atoms with Crippen LogP contribution in [0, 0.1) is 6.92 Å². The number of hydrogen-bond donors (Lipinski definition) is 1. The lowest BCUT2D eigenvalue weighted by Gasteiger charge is -2.38. The summed E-state index contributed by atoms with van der Waals surface area (Å²) in [5.74, 6) is -0.913. The Hall–Kier alpha value is -4.56. The van der Waals surface area contributed by atoms with Crippen molar-refractivity contribution >= 4 is 33.5 Å². The molecule has 0 fully saturated rings. The lowest BCUT2D eigenvalue weighted by atomic mass is 9.85. The summed E-state index contributed by atoms with van der Waals surface area (Å²) in [6.45, 7) is 4.32. The van der Waals surface area contributed by atoms with Gasteiger partial charge in [-0.15, -0.1) is 0 Å². The molecular weight excluding hydrogens is 652 g/mol. The van der Waals surface area contributed by atoms with Crippen LogP contribution in [0.3, 0.4) is 0 Å². The molecule has 1 N–H and O–H groups in total. The van der Waals surface area contributed by atoms with E-state index >= 15 is 4.79 Å². The third-order valence-corrected chi connectivity index (χ3v) is 9.13. The van der Waals surface area contributed by atoms with Gasteiger partial charge in [-0.2, -0.15) is 0 Å². The summed E-state index contributed by atoms with van der Waals surface area (Å²) < 4.78 is 13.5. The summed E-state index contributed by atoms with van der Waals surface area (Å²) in [6.07, 6.45) is 0. The van der Waals surface area contributed by atoms with Crippen molar-refractivity contribution in [1.82, 2.24) is 5.32 Å². The van der Waals surface area contributed by atoms with E-state index in [2.05, 4.69) is 21.2 Å². The minimum atomic E-state index is -1.77. The molecule has 1 heterocycles. The number of halogens is 1. The first kappa shape index (κ1) is 32.4. The molecule has 0 bridgehead atoms. The standard InChI is InChI=1S/C40H37BrN2O4/c1-3-46-38(44)37(42-36(30-18-9-5-10-19-30)31-20-11-6-12-21-31)40(47-27-32-22-14-13-15-28(32)2)34-25-33(41)23-24-35(34)43(39(40)45)26-29-16-7-4-8-17-29/h4-25,36-37,42H,3,26-27H2,1-2H3/t37-,40+/m1/s1. The smallest absolute Gasteiger partial charge is 0.327 e. The number of hydrogen-bond acceptors (Lipinski definition) is 5. The van der Waals surface area contributed by atoms with Gasteiger partial charge in [0.15, 0.2) is 0 Å². The lowest BCUT2D eigenvalue weighted by molar-refractivity contribution is -0.169. The van der Waals surface area contributed by atoms with E-state index in [1.807, 2.05) is 140 Å². The molecule has 0 spiro atoms. The first-order valence-electron chi connectivity index (χ1n) is 15.8. The molecule has 0 aliphatic carbocycles. The number of aryl methyl sites for hydroxylation is 1. The number of fused-ring (bicyclic) bond motifs is 1. The van der Waals surface area contributed by atoms with Gasteiger partial charge in [0, 0.05) is 10.0 Å². The Kier molecular flexibility index (Phi) is 9.97. The number of ether oxygens (including phenoxy) is 2. The van der Waals surface area contributed by atoms with E-state index in [0.29, 0.717) is 17.8 Å². The molecule has 6 rings (SSSR count). The zero-order valence-electron chi connectivity index (χ0n) is 26.4. The van der Waals surface area contributed by atoms with Crippen LogP contribution in [-0.4, -0.2) is 24.5 Å². The fourth-order valence-corrected chi connectivity index (χ4v) is 6.64. The number of rotatable bonds is 12. The maximum absolute atomic E-state index is 15.2. The van der Waals surface area contributed by atoms with Crippen molar-refractivity contribution in [3.8, 4) is 0 Å². The molecule has 5 aromatic rings. The highest BCUT2D eigenvalue weighted by Gasteiger charge is 2.60. The van der Waals surface area contributed by atoms with Gasteiger partial charge in [-0.1, -0.05) is 131 Å². The number of nitrogens with one attached hydrogen (secondary N) is 1. The van der Waals surface area contributed by atoms with Crippen LogP contribution in [0.25, 0.3) is 0 Å². The molecule has 47 heavy (non-hydrogen) atoms. The second kappa shape index (κ2) is 14.5. The molecule has 6 nitrogen and oxygen atoms in total. The third kappa shape index (κ3) is 6.65. The monoisotopic (exact) mass is 688 g/mol. The predicted molar refractivity (Wildman–Crippen MR) is 188 cm³/mol. The van der Waals surface area contributed by atoms with Crippen molar-refractivity contribution in [2.75, 3.05) is 11.5 Å². The fraction of sp³-hybridized carbons (Fsp3) is 0.200. The fourth-order valence-electron chi connectivity index (χ4n) is 6.27. The van der Waals surface area contributed by atoms with Crippen molar-refractivity contribution in [3.63, 3.8) is 0 Å². The molecule has 7 heteroatoms. The first-order valence-corrected chi connectivity index (χ1v) is 16.6. The number of anilines is 1. The van der Waals surface area contributed by atoms with Crippen molar-refractivity contribution in [1.29, 1.82) is 0 Å². The molecule has 0 unspecified atom stereocenters. The van der Waals surface area contributed by atoms with Gasteiger partial charge in [-0.25, -0.2) is 0 Å². The number of carbonyl (C=O) groups is 2. The van der Waals surface area contributed by atoms with Crippen molar-refractivity contribution < 1.29 is 19.1 Å². The van der Waals surface area contributed by atoms with E-state index in [4.69, 9.17) is 9.47 Å². The number of benzene rings is 5. The summed E-state index contributed by atoms with van der Waals surface area (Å²) in [5, 5.41) is 3.62. The molecule has 238 valence electrons. The van der Waals surface area contributed by atoms with Crippen molar-refractivity contribution in [2.24, 2.45) is 0 Å². The predicted octanol–water partition coefficient (Wildman–Crippen LogP) is 8.03. The Bertz CT molecular complexity index is 1790. The van der Waals surface area contributed by atoms with Crippen LogP contribution in [-0.2, 0) is 37.8 Å². The van der Waals surface area contributed by atoms with Gasteiger partial charge in [-0.05, 0) is 59.9 Å². The van der Waals surface area contributed by atoms with E-state index in [-0.39, 0.29) is 19.1 Å². The minimum Gasteiger partial charge on any atom is -0.465 e. The highest BCUT2D eigenvalue weighted by Crippen LogP contribution is 2.48. The second-order valence-corrected chi connectivity index (χ2v) is 12.5. The van der Waals surface area contributed by atoms with E-state index in [1.54, 1.807) is 11.8 Å².